The SMILES string of the molecule is CSc1ncnn2c([C@@H]3O[C@H](CN4CCC(F)(F)C[C@H]4CCNC(=O)OC(C)(C)C)[C@H]4OC(C)(C)O[C@H]43)ccc12. The summed E-state index contributed by atoms with van der Waals surface area (Å²) in [7, 11) is 0. The minimum absolute atomic E-state index is 0.217. The van der Waals surface area contributed by atoms with Gasteiger partial charge < -0.3 is 24.3 Å². The molecule has 3 saturated heterocycles. The fourth-order valence-electron chi connectivity index (χ4n) is 5.85. The summed E-state index contributed by atoms with van der Waals surface area (Å²) in [6.45, 7) is 9.92. The molecule has 3 aliphatic heterocycles. The maximum absolute atomic E-state index is 14.5. The van der Waals surface area contributed by atoms with Crippen LogP contribution in [-0.4, -0.2) is 93.1 Å². The molecule has 40 heavy (non-hydrogen) atoms. The minimum atomic E-state index is -2.76. The lowest BCUT2D eigenvalue weighted by Crippen LogP contribution is -2.52. The first-order valence-corrected chi connectivity index (χ1v) is 14.9. The first-order valence-electron chi connectivity index (χ1n) is 13.7. The largest absolute Gasteiger partial charge is 0.444 e. The van der Waals surface area contributed by atoms with Gasteiger partial charge in [-0.15, -0.1) is 11.8 Å². The molecule has 0 aromatic carbocycles. The molecule has 3 fully saturated rings. The molecule has 0 unspecified atom stereocenters. The van der Waals surface area contributed by atoms with Crippen LogP contribution >= 0.6 is 11.8 Å². The minimum Gasteiger partial charge on any atom is -0.444 e. The van der Waals surface area contributed by atoms with Crippen molar-refractivity contribution in [2.45, 2.75) is 107 Å². The van der Waals surface area contributed by atoms with Crippen molar-refractivity contribution in [2.24, 2.45) is 0 Å². The average Bonchev–Trinajstić information content (AvgIpc) is 3.50. The number of nitrogens with one attached hydrogen (secondary N) is 1. The number of halogens is 2. The molecule has 3 aliphatic rings. The number of aromatic nitrogens is 3. The number of ether oxygens (including phenoxy) is 4. The van der Waals surface area contributed by atoms with E-state index in [0.29, 0.717) is 13.0 Å². The van der Waals surface area contributed by atoms with Gasteiger partial charge in [0, 0.05) is 38.5 Å². The van der Waals surface area contributed by atoms with Gasteiger partial charge in [0.25, 0.3) is 5.92 Å². The number of carbonyl (C=O) groups excluding carboxylic acids is 1. The van der Waals surface area contributed by atoms with E-state index in [-0.39, 0.29) is 38.1 Å². The monoisotopic (exact) mass is 583 g/mol. The lowest BCUT2D eigenvalue weighted by atomic mass is 9.95. The van der Waals surface area contributed by atoms with Crippen molar-refractivity contribution in [2.75, 3.05) is 25.9 Å². The van der Waals surface area contributed by atoms with Crippen molar-refractivity contribution < 1.29 is 32.5 Å². The second kappa shape index (κ2) is 11.0. The molecule has 1 N–H and O–H groups in total. The molecule has 0 saturated carbocycles. The summed E-state index contributed by atoms with van der Waals surface area (Å²) >= 11 is 1.54. The van der Waals surface area contributed by atoms with E-state index in [4.69, 9.17) is 18.9 Å². The molecule has 2 aromatic heterocycles. The number of hydrogen-bond acceptors (Lipinski definition) is 9. The van der Waals surface area contributed by atoms with E-state index < -0.39 is 41.7 Å². The highest BCUT2D eigenvalue weighted by Gasteiger charge is 2.57. The van der Waals surface area contributed by atoms with E-state index in [2.05, 4.69) is 15.4 Å². The lowest BCUT2D eigenvalue weighted by Gasteiger charge is -2.41. The van der Waals surface area contributed by atoms with Crippen LogP contribution in [0.4, 0.5) is 13.6 Å². The van der Waals surface area contributed by atoms with Crippen LogP contribution in [0.25, 0.3) is 5.52 Å². The van der Waals surface area contributed by atoms with Crippen LogP contribution in [-0.2, 0) is 18.9 Å². The molecule has 1 amide bonds. The number of carbonyl (C=O) groups is 1. The van der Waals surface area contributed by atoms with Crippen molar-refractivity contribution in [1.29, 1.82) is 0 Å². The van der Waals surface area contributed by atoms with Crippen LogP contribution < -0.4 is 5.32 Å². The number of likely N-dealkylation sites (tertiary alicyclic amines) is 1. The molecule has 0 radical (unpaired) electrons. The van der Waals surface area contributed by atoms with Gasteiger partial charge in [-0.3, -0.25) is 4.90 Å². The van der Waals surface area contributed by atoms with Gasteiger partial charge in [-0.05, 0) is 59.4 Å². The molecular weight excluding hydrogens is 544 g/mol. The van der Waals surface area contributed by atoms with Crippen molar-refractivity contribution in [3.8, 4) is 0 Å². The zero-order chi connectivity index (χ0) is 28.9. The number of amides is 1. The Hall–Kier alpha value is -2.06. The lowest BCUT2D eigenvalue weighted by molar-refractivity contribution is -0.192. The van der Waals surface area contributed by atoms with Crippen LogP contribution in [0.15, 0.2) is 23.5 Å². The van der Waals surface area contributed by atoms with Gasteiger partial charge in [-0.25, -0.2) is 23.1 Å². The van der Waals surface area contributed by atoms with Crippen molar-refractivity contribution in [3.05, 3.63) is 24.2 Å². The van der Waals surface area contributed by atoms with Gasteiger partial charge in [-0.1, -0.05) is 0 Å². The molecule has 2 aromatic rings. The Kier molecular flexibility index (Phi) is 8.07. The smallest absolute Gasteiger partial charge is 0.407 e. The van der Waals surface area contributed by atoms with E-state index in [0.717, 1.165) is 16.2 Å². The van der Waals surface area contributed by atoms with Crippen molar-refractivity contribution >= 4 is 23.4 Å². The molecule has 0 bridgehead atoms. The Morgan fingerprint density at radius 3 is 2.73 bits per heavy atom. The summed E-state index contributed by atoms with van der Waals surface area (Å²) in [5.41, 5.74) is 1.07. The summed E-state index contributed by atoms with van der Waals surface area (Å²) in [5.74, 6) is -3.57. The van der Waals surface area contributed by atoms with E-state index >= 15 is 0 Å². The number of nitrogens with zero attached hydrogens (tertiary/aromatic N) is 4. The topological polar surface area (TPSA) is 99.5 Å². The average molecular weight is 584 g/mol. The van der Waals surface area contributed by atoms with Gasteiger partial charge in [0.1, 0.15) is 41.4 Å². The zero-order valence-corrected chi connectivity index (χ0v) is 24.7. The second-order valence-corrected chi connectivity index (χ2v) is 13.0. The number of alkyl carbamates (subject to hydrolysis) is 1. The number of piperidine rings is 1. The third-order valence-electron chi connectivity index (χ3n) is 7.46. The fourth-order valence-corrected chi connectivity index (χ4v) is 6.36. The molecule has 5 atom stereocenters. The fraction of sp³-hybridized carbons (Fsp3) is 0.741. The maximum Gasteiger partial charge on any atom is 0.407 e. The molecule has 5 heterocycles. The van der Waals surface area contributed by atoms with E-state index in [1.54, 1.807) is 20.8 Å². The Morgan fingerprint density at radius 2 is 2.00 bits per heavy atom. The molecule has 13 heteroatoms. The van der Waals surface area contributed by atoms with E-state index in [1.807, 2.05) is 41.7 Å². The molecule has 0 spiro atoms. The van der Waals surface area contributed by atoms with Crippen LogP contribution in [0.1, 0.15) is 65.7 Å². The predicted molar refractivity (Wildman–Crippen MR) is 145 cm³/mol. The van der Waals surface area contributed by atoms with E-state index in [9.17, 15) is 13.6 Å². The van der Waals surface area contributed by atoms with Gasteiger partial charge in [0.15, 0.2) is 5.79 Å². The Morgan fingerprint density at radius 1 is 1.25 bits per heavy atom. The molecule has 222 valence electrons. The summed E-state index contributed by atoms with van der Waals surface area (Å²) in [5, 5.41) is 8.02. The normalized spacial score (nSPS) is 29.9. The molecular formula is C27H39F2N5O5S. The maximum atomic E-state index is 14.5. The quantitative estimate of drug-likeness (QED) is 0.475. The highest BCUT2D eigenvalue weighted by molar-refractivity contribution is 7.98. The summed E-state index contributed by atoms with van der Waals surface area (Å²) in [4.78, 5) is 18.5. The number of rotatable bonds is 7. The van der Waals surface area contributed by atoms with Crippen LogP contribution in [0.3, 0.4) is 0 Å². The summed E-state index contributed by atoms with van der Waals surface area (Å²) < 4.78 is 55.3. The molecule has 5 rings (SSSR count). The highest BCUT2D eigenvalue weighted by Crippen LogP contribution is 2.46. The number of thioether (sulfide) groups is 1. The predicted octanol–water partition coefficient (Wildman–Crippen LogP) is 4.43. The Labute approximate surface area is 237 Å². The van der Waals surface area contributed by atoms with Crippen molar-refractivity contribution in [1.82, 2.24) is 24.8 Å². The van der Waals surface area contributed by atoms with Gasteiger partial charge in [-0.2, -0.15) is 5.10 Å². The molecule has 0 aliphatic carbocycles. The van der Waals surface area contributed by atoms with Crippen molar-refractivity contribution in [3.63, 3.8) is 0 Å². The number of hydrogen-bond donors (Lipinski definition) is 1. The van der Waals surface area contributed by atoms with Crippen LogP contribution in [0.5, 0.6) is 0 Å². The van der Waals surface area contributed by atoms with Gasteiger partial charge in [0.2, 0.25) is 0 Å². The zero-order valence-electron chi connectivity index (χ0n) is 23.9. The van der Waals surface area contributed by atoms with Gasteiger partial charge >= 0.3 is 6.09 Å². The summed E-state index contributed by atoms with van der Waals surface area (Å²) in [6, 6.07) is 3.49. The third-order valence-corrected chi connectivity index (χ3v) is 8.16. The first kappa shape index (κ1) is 29.4. The first-order chi connectivity index (χ1) is 18.8. The third kappa shape index (κ3) is 6.38. The number of fused-ring (bicyclic) bond motifs is 2. The molecule has 10 nitrogen and oxygen atoms in total. The van der Waals surface area contributed by atoms with Crippen LogP contribution in [0, 0.1) is 0 Å². The highest BCUT2D eigenvalue weighted by atomic mass is 32.2. The Balaban J connectivity index is 1.32. The standard InChI is InChI=1S/C27H39F2N5O5S/c1-25(2,3)39-24(35)30-11-9-16-13-27(28,29)10-12-33(16)14-19-21-22(38-26(4,5)37-21)20(36-19)17-7-8-18-23(40-6)31-15-32-34(17)18/h7-8,15-16,19-22H,9-14H2,1-6H3,(H,30,35)/t16-,19-,20+,21-,22+/m1/s1. The van der Waals surface area contributed by atoms with Crippen LogP contribution in [0.2, 0.25) is 0 Å². The van der Waals surface area contributed by atoms with Gasteiger partial charge in [0.05, 0.1) is 11.2 Å². The van der Waals surface area contributed by atoms with E-state index in [1.165, 1.54) is 18.1 Å². The Bertz CT molecular complexity index is 1220. The number of alkyl halides is 2. The second-order valence-electron chi connectivity index (χ2n) is 12.2. The summed E-state index contributed by atoms with van der Waals surface area (Å²) in [6.07, 6.45) is 1.15.